The molecule has 0 spiro atoms. The van der Waals surface area contributed by atoms with Gasteiger partial charge in [0.25, 0.3) is 0 Å². The SMILES string of the molecule is C#Cc1c([N+](=O)[O-])c(C)nn1C. The molecule has 0 saturated heterocycles. The van der Waals surface area contributed by atoms with E-state index >= 15 is 0 Å². The minimum absolute atomic E-state index is 0.0833. The van der Waals surface area contributed by atoms with Gasteiger partial charge in [0.1, 0.15) is 5.69 Å². The van der Waals surface area contributed by atoms with E-state index in [0.29, 0.717) is 5.69 Å². The van der Waals surface area contributed by atoms with Gasteiger partial charge in [-0.1, -0.05) is 0 Å². The fraction of sp³-hybridized carbons (Fsp3) is 0.286. The molecule has 0 aliphatic rings. The van der Waals surface area contributed by atoms with Crippen LogP contribution in [0.3, 0.4) is 0 Å². The summed E-state index contributed by atoms with van der Waals surface area (Å²) in [5.74, 6) is 2.22. The fourth-order valence-corrected chi connectivity index (χ4v) is 1.03. The van der Waals surface area contributed by atoms with E-state index in [1.165, 1.54) is 4.68 Å². The molecule has 0 radical (unpaired) electrons. The number of aromatic nitrogens is 2. The van der Waals surface area contributed by atoms with Crippen molar-refractivity contribution in [1.29, 1.82) is 0 Å². The van der Waals surface area contributed by atoms with Crippen LogP contribution in [0.1, 0.15) is 11.4 Å². The third-order valence-corrected chi connectivity index (χ3v) is 1.51. The van der Waals surface area contributed by atoms with Gasteiger partial charge in [0.15, 0.2) is 5.69 Å². The summed E-state index contributed by atoms with van der Waals surface area (Å²) in [6.07, 6.45) is 5.09. The van der Waals surface area contributed by atoms with Crippen molar-refractivity contribution in [2.24, 2.45) is 7.05 Å². The Morgan fingerprint density at radius 1 is 1.75 bits per heavy atom. The van der Waals surface area contributed by atoms with Gasteiger partial charge >= 0.3 is 5.69 Å². The summed E-state index contributed by atoms with van der Waals surface area (Å²) in [6, 6.07) is 0. The minimum Gasteiger partial charge on any atom is -0.258 e. The Morgan fingerprint density at radius 2 is 2.33 bits per heavy atom. The Morgan fingerprint density at radius 3 is 2.67 bits per heavy atom. The second-order valence-corrected chi connectivity index (χ2v) is 2.31. The molecule has 0 N–H and O–H groups in total. The van der Waals surface area contributed by atoms with Gasteiger partial charge in [0, 0.05) is 7.05 Å². The summed E-state index contributed by atoms with van der Waals surface area (Å²) >= 11 is 0. The third-order valence-electron chi connectivity index (χ3n) is 1.51. The first-order chi connectivity index (χ1) is 5.57. The summed E-state index contributed by atoms with van der Waals surface area (Å²) in [5.41, 5.74) is 0.466. The van der Waals surface area contributed by atoms with Gasteiger partial charge in [0.05, 0.1) is 4.92 Å². The fourth-order valence-electron chi connectivity index (χ4n) is 1.03. The van der Waals surface area contributed by atoms with Gasteiger partial charge in [-0.25, -0.2) is 0 Å². The lowest BCUT2D eigenvalue weighted by atomic mass is 10.3. The molecule has 1 aromatic heterocycles. The monoisotopic (exact) mass is 165 g/mol. The minimum atomic E-state index is -0.516. The lowest BCUT2D eigenvalue weighted by Gasteiger charge is -1.89. The molecule has 62 valence electrons. The molecule has 0 aromatic carbocycles. The van der Waals surface area contributed by atoms with E-state index in [0.717, 1.165) is 0 Å². The number of nitrogens with zero attached hydrogens (tertiary/aromatic N) is 3. The van der Waals surface area contributed by atoms with Crippen LogP contribution in [0, 0.1) is 29.4 Å². The molecule has 1 aromatic rings. The first kappa shape index (κ1) is 8.27. The van der Waals surface area contributed by atoms with Crippen LogP contribution in [0.2, 0.25) is 0 Å². The van der Waals surface area contributed by atoms with E-state index in [2.05, 4.69) is 11.0 Å². The molecule has 1 rings (SSSR count). The maximum absolute atomic E-state index is 10.5. The van der Waals surface area contributed by atoms with Crippen LogP contribution < -0.4 is 0 Å². The largest absolute Gasteiger partial charge is 0.325 e. The lowest BCUT2D eigenvalue weighted by Crippen LogP contribution is -1.95. The topological polar surface area (TPSA) is 61.0 Å². The first-order valence-corrected chi connectivity index (χ1v) is 3.22. The van der Waals surface area contributed by atoms with E-state index in [1.54, 1.807) is 14.0 Å². The second kappa shape index (κ2) is 2.66. The number of rotatable bonds is 1. The third kappa shape index (κ3) is 1.03. The average Bonchev–Trinajstić information content (AvgIpc) is 2.24. The second-order valence-electron chi connectivity index (χ2n) is 2.31. The summed E-state index contributed by atoms with van der Waals surface area (Å²) in [6.45, 7) is 1.55. The van der Waals surface area contributed by atoms with Crippen molar-refractivity contribution in [3.63, 3.8) is 0 Å². The standard InChI is InChI=1S/C7H7N3O2/c1-4-6-7(10(11)12)5(2)8-9(6)3/h1H,2-3H3. The number of nitro groups is 1. The quantitative estimate of drug-likeness (QED) is 0.348. The molecule has 1 heterocycles. The average molecular weight is 165 g/mol. The highest BCUT2D eigenvalue weighted by atomic mass is 16.6. The Labute approximate surface area is 69.2 Å². The van der Waals surface area contributed by atoms with Crippen LogP contribution >= 0.6 is 0 Å². The number of aryl methyl sites for hydroxylation is 2. The van der Waals surface area contributed by atoms with Crippen LogP contribution in [-0.2, 0) is 7.05 Å². The zero-order valence-electron chi connectivity index (χ0n) is 6.74. The van der Waals surface area contributed by atoms with Crippen LogP contribution in [0.5, 0.6) is 0 Å². The van der Waals surface area contributed by atoms with Gasteiger partial charge in [-0.2, -0.15) is 5.10 Å². The molecular formula is C7H7N3O2. The highest BCUT2D eigenvalue weighted by molar-refractivity contribution is 5.48. The van der Waals surface area contributed by atoms with Gasteiger partial charge in [-0.05, 0) is 12.8 Å². The summed E-state index contributed by atoms with van der Waals surface area (Å²) in [7, 11) is 1.58. The van der Waals surface area contributed by atoms with Crippen molar-refractivity contribution in [1.82, 2.24) is 9.78 Å². The van der Waals surface area contributed by atoms with Crippen molar-refractivity contribution in [2.75, 3.05) is 0 Å². The highest BCUT2D eigenvalue weighted by Gasteiger charge is 2.21. The highest BCUT2D eigenvalue weighted by Crippen LogP contribution is 2.20. The Hall–Kier alpha value is -1.83. The van der Waals surface area contributed by atoms with Crippen molar-refractivity contribution < 1.29 is 4.92 Å². The molecule has 0 aliphatic heterocycles. The zero-order valence-corrected chi connectivity index (χ0v) is 6.74. The van der Waals surface area contributed by atoms with Crippen LogP contribution in [-0.4, -0.2) is 14.7 Å². The summed E-state index contributed by atoms with van der Waals surface area (Å²) < 4.78 is 1.33. The molecule has 0 fully saturated rings. The summed E-state index contributed by atoms with van der Waals surface area (Å²) in [4.78, 5) is 9.96. The molecule has 5 nitrogen and oxygen atoms in total. The van der Waals surface area contributed by atoms with Crippen LogP contribution in [0.15, 0.2) is 0 Å². The van der Waals surface area contributed by atoms with Crippen molar-refractivity contribution in [3.05, 3.63) is 21.5 Å². The Balaban J connectivity index is 3.45. The van der Waals surface area contributed by atoms with Gasteiger partial charge in [0.2, 0.25) is 0 Å². The molecular weight excluding hydrogens is 158 g/mol. The maximum Gasteiger partial charge on any atom is 0.325 e. The summed E-state index contributed by atoms with van der Waals surface area (Å²) in [5, 5.41) is 14.3. The normalized spacial score (nSPS) is 9.42. The molecule has 5 heteroatoms. The molecule has 0 atom stereocenters. The number of terminal acetylenes is 1. The first-order valence-electron chi connectivity index (χ1n) is 3.22. The number of hydrogen-bond acceptors (Lipinski definition) is 3. The zero-order chi connectivity index (χ0) is 9.30. The predicted molar refractivity (Wildman–Crippen MR) is 42.5 cm³/mol. The molecule has 0 saturated carbocycles. The van der Waals surface area contributed by atoms with Crippen LogP contribution in [0.25, 0.3) is 0 Å². The molecule has 0 unspecified atom stereocenters. The molecule has 12 heavy (non-hydrogen) atoms. The van der Waals surface area contributed by atoms with Crippen molar-refractivity contribution in [2.45, 2.75) is 6.92 Å². The van der Waals surface area contributed by atoms with E-state index < -0.39 is 4.92 Å². The maximum atomic E-state index is 10.5. The van der Waals surface area contributed by atoms with E-state index in [9.17, 15) is 10.1 Å². The van der Waals surface area contributed by atoms with Crippen molar-refractivity contribution >= 4 is 5.69 Å². The molecule has 0 bridgehead atoms. The van der Waals surface area contributed by atoms with Gasteiger partial charge in [-0.15, -0.1) is 6.42 Å². The predicted octanol–water partition coefficient (Wildman–Crippen LogP) is 0.618. The van der Waals surface area contributed by atoms with Gasteiger partial charge in [-0.3, -0.25) is 14.8 Å². The molecule has 0 amide bonds. The van der Waals surface area contributed by atoms with E-state index in [-0.39, 0.29) is 11.4 Å². The van der Waals surface area contributed by atoms with E-state index in [1.807, 2.05) is 0 Å². The van der Waals surface area contributed by atoms with Crippen LogP contribution in [0.4, 0.5) is 5.69 Å². The van der Waals surface area contributed by atoms with E-state index in [4.69, 9.17) is 6.42 Å². The smallest absolute Gasteiger partial charge is 0.258 e. The van der Waals surface area contributed by atoms with Crippen molar-refractivity contribution in [3.8, 4) is 12.3 Å². The lowest BCUT2D eigenvalue weighted by molar-refractivity contribution is -0.385. The Bertz CT molecular complexity index is 373. The Kier molecular flexibility index (Phi) is 1.83. The van der Waals surface area contributed by atoms with Gasteiger partial charge < -0.3 is 0 Å². The number of hydrogen-bond donors (Lipinski definition) is 0. The molecule has 0 aliphatic carbocycles.